The molecule has 2 aliphatic rings. The highest BCUT2D eigenvalue weighted by molar-refractivity contribution is 5.81. The minimum absolute atomic E-state index is 0.00257. The summed E-state index contributed by atoms with van der Waals surface area (Å²) >= 11 is 0. The minimum Gasteiger partial charge on any atom is -0.396 e. The van der Waals surface area contributed by atoms with Crippen LogP contribution in [0.25, 0.3) is 0 Å². The molecule has 2 rings (SSSR count). The molecule has 0 aromatic carbocycles. The lowest BCUT2D eigenvalue weighted by Crippen LogP contribution is -2.42. The van der Waals surface area contributed by atoms with Gasteiger partial charge in [-0.05, 0) is 25.7 Å². The predicted octanol–water partition coefficient (Wildman–Crippen LogP) is 0.834. The molecule has 2 N–H and O–H groups in total. The second kappa shape index (κ2) is 5.15. The number of aliphatic hydroxyl groups excluding tert-OH is 1. The number of ether oxygens (including phenoxy) is 1. The zero-order valence-electron chi connectivity index (χ0n) is 9.71. The third-order valence-electron chi connectivity index (χ3n) is 3.86. The summed E-state index contributed by atoms with van der Waals surface area (Å²) < 4.78 is 5.32. The van der Waals surface area contributed by atoms with Crippen LogP contribution < -0.4 is 5.32 Å². The summed E-state index contributed by atoms with van der Waals surface area (Å²) in [7, 11) is 0. The first-order chi connectivity index (χ1) is 7.76. The molecule has 1 aliphatic heterocycles. The van der Waals surface area contributed by atoms with E-state index in [0.717, 1.165) is 38.5 Å². The quantitative estimate of drug-likeness (QED) is 0.748. The van der Waals surface area contributed by atoms with Crippen LogP contribution in [0.5, 0.6) is 0 Å². The van der Waals surface area contributed by atoms with Gasteiger partial charge in [-0.1, -0.05) is 12.8 Å². The Balaban J connectivity index is 1.79. The van der Waals surface area contributed by atoms with Crippen molar-refractivity contribution in [1.82, 2.24) is 5.32 Å². The molecular weight excluding hydrogens is 206 g/mol. The molecule has 0 unspecified atom stereocenters. The first kappa shape index (κ1) is 11.9. The normalized spacial score (nSPS) is 28.2. The standard InChI is InChI=1S/C12H21NO3/c14-9-12(5-1-2-6-12)8-13-11(15)10-4-3-7-16-10/h10,14H,1-9H2,(H,13,15)/t10-/m0/s1. The Morgan fingerprint density at radius 3 is 2.69 bits per heavy atom. The van der Waals surface area contributed by atoms with Crippen molar-refractivity contribution in [2.24, 2.45) is 5.41 Å². The number of carbonyl (C=O) groups excluding carboxylic acids is 1. The summed E-state index contributed by atoms with van der Waals surface area (Å²) in [4.78, 5) is 11.7. The van der Waals surface area contributed by atoms with Crippen molar-refractivity contribution >= 4 is 5.91 Å². The average molecular weight is 227 g/mol. The largest absolute Gasteiger partial charge is 0.396 e. The highest BCUT2D eigenvalue weighted by Crippen LogP contribution is 2.36. The van der Waals surface area contributed by atoms with Gasteiger partial charge < -0.3 is 15.2 Å². The van der Waals surface area contributed by atoms with Gasteiger partial charge in [0, 0.05) is 18.6 Å². The molecule has 92 valence electrons. The Bertz CT molecular complexity index is 243. The molecule has 1 saturated carbocycles. The van der Waals surface area contributed by atoms with Gasteiger partial charge in [0.05, 0.1) is 6.61 Å². The van der Waals surface area contributed by atoms with Gasteiger partial charge >= 0.3 is 0 Å². The second-order valence-electron chi connectivity index (χ2n) is 5.08. The molecular formula is C12H21NO3. The van der Waals surface area contributed by atoms with Gasteiger partial charge in [0.25, 0.3) is 0 Å². The second-order valence-corrected chi connectivity index (χ2v) is 5.08. The lowest BCUT2D eigenvalue weighted by atomic mass is 9.87. The maximum Gasteiger partial charge on any atom is 0.249 e. The van der Waals surface area contributed by atoms with Gasteiger partial charge in [-0.3, -0.25) is 4.79 Å². The van der Waals surface area contributed by atoms with Crippen molar-refractivity contribution in [2.45, 2.75) is 44.6 Å². The fourth-order valence-corrected chi connectivity index (χ4v) is 2.69. The van der Waals surface area contributed by atoms with Gasteiger partial charge in [-0.15, -0.1) is 0 Å². The summed E-state index contributed by atoms with van der Waals surface area (Å²) in [6.07, 6.45) is 5.93. The zero-order valence-corrected chi connectivity index (χ0v) is 9.71. The topological polar surface area (TPSA) is 58.6 Å². The Morgan fingerprint density at radius 2 is 2.12 bits per heavy atom. The van der Waals surface area contributed by atoms with Crippen molar-refractivity contribution < 1.29 is 14.6 Å². The van der Waals surface area contributed by atoms with Gasteiger partial charge in [0.1, 0.15) is 6.10 Å². The van der Waals surface area contributed by atoms with Crippen LogP contribution in [0.3, 0.4) is 0 Å². The van der Waals surface area contributed by atoms with E-state index < -0.39 is 0 Å². The maximum absolute atomic E-state index is 11.7. The van der Waals surface area contributed by atoms with E-state index in [1.807, 2.05) is 0 Å². The summed E-state index contributed by atoms with van der Waals surface area (Å²) in [5, 5.41) is 12.3. The monoisotopic (exact) mass is 227 g/mol. The third kappa shape index (κ3) is 2.55. The molecule has 0 aromatic rings. The SMILES string of the molecule is O=C(NCC1(CO)CCCC1)[C@@H]1CCCO1. The van der Waals surface area contributed by atoms with E-state index in [2.05, 4.69) is 5.32 Å². The molecule has 1 amide bonds. The number of hydrogen-bond donors (Lipinski definition) is 2. The number of aliphatic hydroxyl groups is 1. The molecule has 1 saturated heterocycles. The smallest absolute Gasteiger partial charge is 0.249 e. The van der Waals surface area contributed by atoms with E-state index in [1.54, 1.807) is 0 Å². The van der Waals surface area contributed by atoms with Gasteiger partial charge in [0.2, 0.25) is 5.91 Å². The zero-order chi connectivity index (χ0) is 11.4. The molecule has 1 atom stereocenters. The number of nitrogens with one attached hydrogen (secondary N) is 1. The van der Waals surface area contributed by atoms with Crippen molar-refractivity contribution in [3.05, 3.63) is 0 Å². The highest BCUT2D eigenvalue weighted by atomic mass is 16.5. The van der Waals surface area contributed by atoms with E-state index in [4.69, 9.17) is 4.74 Å². The van der Waals surface area contributed by atoms with E-state index >= 15 is 0 Å². The van der Waals surface area contributed by atoms with Crippen LogP contribution >= 0.6 is 0 Å². The molecule has 2 fully saturated rings. The number of rotatable bonds is 4. The molecule has 4 heteroatoms. The molecule has 1 aliphatic carbocycles. The Kier molecular flexibility index (Phi) is 3.82. The Labute approximate surface area is 96.4 Å². The first-order valence-electron chi connectivity index (χ1n) is 6.26. The van der Waals surface area contributed by atoms with Crippen molar-refractivity contribution in [3.8, 4) is 0 Å². The van der Waals surface area contributed by atoms with Crippen molar-refractivity contribution in [2.75, 3.05) is 19.8 Å². The van der Waals surface area contributed by atoms with Crippen molar-refractivity contribution in [1.29, 1.82) is 0 Å². The molecule has 4 nitrogen and oxygen atoms in total. The van der Waals surface area contributed by atoms with Crippen molar-refractivity contribution in [3.63, 3.8) is 0 Å². The average Bonchev–Trinajstić information content (AvgIpc) is 2.98. The lowest BCUT2D eigenvalue weighted by molar-refractivity contribution is -0.130. The van der Waals surface area contributed by atoms with Crippen LogP contribution in [0.1, 0.15) is 38.5 Å². The van der Waals surface area contributed by atoms with Crippen LogP contribution in [-0.4, -0.2) is 36.9 Å². The summed E-state index contributed by atoms with van der Waals surface area (Å²) in [6.45, 7) is 1.48. The van der Waals surface area contributed by atoms with Crippen LogP contribution in [-0.2, 0) is 9.53 Å². The molecule has 1 heterocycles. The van der Waals surface area contributed by atoms with Crippen LogP contribution in [0.2, 0.25) is 0 Å². The number of amides is 1. The molecule has 16 heavy (non-hydrogen) atoms. The van der Waals surface area contributed by atoms with Gasteiger partial charge in [0.15, 0.2) is 0 Å². The molecule has 0 aromatic heterocycles. The van der Waals surface area contributed by atoms with Crippen LogP contribution in [0.4, 0.5) is 0 Å². The lowest BCUT2D eigenvalue weighted by Gasteiger charge is -2.27. The number of carbonyl (C=O) groups is 1. The first-order valence-corrected chi connectivity index (χ1v) is 6.26. The van der Waals surface area contributed by atoms with Gasteiger partial charge in [-0.25, -0.2) is 0 Å². The summed E-state index contributed by atoms with van der Waals surface area (Å²) in [5.41, 5.74) is -0.0612. The van der Waals surface area contributed by atoms with Gasteiger partial charge in [-0.2, -0.15) is 0 Å². The highest BCUT2D eigenvalue weighted by Gasteiger charge is 2.34. The molecule has 0 radical (unpaired) electrons. The van der Waals surface area contributed by atoms with Crippen LogP contribution in [0, 0.1) is 5.41 Å². The third-order valence-corrected chi connectivity index (χ3v) is 3.86. The van der Waals surface area contributed by atoms with E-state index in [0.29, 0.717) is 13.2 Å². The Hall–Kier alpha value is -0.610. The van der Waals surface area contributed by atoms with E-state index in [-0.39, 0.29) is 24.0 Å². The van der Waals surface area contributed by atoms with Crippen LogP contribution in [0.15, 0.2) is 0 Å². The predicted molar refractivity (Wildman–Crippen MR) is 60.0 cm³/mol. The number of hydrogen-bond acceptors (Lipinski definition) is 3. The summed E-state index contributed by atoms with van der Waals surface area (Å²) in [6, 6.07) is 0. The minimum atomic E-state index is -0.253. The van der Waals surface area contributed by atoms with E-state index in [9.17, 15) is 9.90 Å². The maximum atomic E-state index is 11.7. The molecule has 0 spiro atoms. The summed E-state index contributed by atoms with van der Waals surface area (Å²) in [5.74, 6) is -0.00257. The fraction of sp³-hybridized carbons (Fsp3) is 0.917. The fourth-order valence-electron chi connectivity index (χ4n) is 2.69. The van der Waals surface area contributed by atoms with E-state index in [1.165, 1.54) is 0 Å². The molecule has 0 bridgehead atoms. The Morgan fingerprint density at radius 1 is 1.38 bits per heavy atom.